The lowest BCUT2D eigenvalue weighted by atomic mass is 9.89. The maximum absolute atomic E-state index is 11.8. The van der Waals surface area contributed by atoms with Crippen LogP contribution < -0.4 is 15.4 Å². The average molecular weight is 294 g/mol. The minimum atomic E-state index is -0.595. The summed E-state index contributed by atoms with van der Waals surface area (Å²) >= 11 is 0. The zero-order chi connectivity index (χ0) is 15.9. The van der Waals surface area contributed by atoms with Crippen molar-refractivity contribution in [3.05, 3.63) is 24.3 Å². The van der Waals surface area contributed by atoms with E-state index in [1.165, 1.54) is 0 Å². The molecule has 5 nitrogen and oxygen atoms in total. The lowest BCUT2D eigenvalue weighted by Gasteiger charge is -2.25. The van der Waals surface area contributed by atoms with Gasteiger partial charge in [-0.2, -0.15) is 0 Å². The standard InChI is InChI=1S/C16H26N2O3/c1-5-9-21-13-8-6-7-12(10-13)18-15(20)17-11-14(19)16(2,3)4/h6-8,10,14,19H,5,9,11H2,1-4H3,(H2,17,18,20). The quantitative estimate of drug-likeness (QED) is 0.755. The first kappa shape index (κ1) is 17.3. The van der Waals surface area contributed by atoms with Crippen molar-refractivity contribution in [2.45, 2.75) is 40.2 Å². The number of aliphatic hydroxyl groups excluding tert-OH is 1. The van der Waals surface area contributed by atoms with Crippen molar-refractivity contribution in [2.24, 2.45) is 5.41 Å². The molecule has 0 heterocycles. The van der Waals surface area contributed by atoms with Crippen molar-refractivity contribution in [1.82, 2.24) is 5.32 Å². The third-order valence-electron chi connectivity index (χ3n) is 3.02. The van der Waals surface area contributed by atoms with Crippen LogP contribution in [0.2, 0.25) is 0 Å². The Balaban J connectivity index is 2.47. The van der Waals surface area contributed by atoms with E-state index >= 15 is 0 Å². The first-order valence-corrected chi connectivity index (χ1v) is 7.28. The van der Waals surface area contributed by atoms with Gasteiger partial charge in [-0.05, 0) is 24.0 Å². The first-order valence-electron chi connectivity index (χ1n) is 7.28. The van der Waals surface area contributed by atoms with Gasteiger partial charge in [-0.25, -0.2) is 4.79 Å². The number of carbonyl (C=O) groups excluding carboxylic acids is 1. The Morgan fingerprint density at radius 2 is 2.10 bits per heavy atom. The fourth-order valence-corrected chi connectivity index (χ4v) is 1.55. The highest BCUT2D eigenvalue weighted by molar-refractivity contribution is 5.89. The normalized spacial score (nSPS) is 12.6. The summed E-state index contributed by atoms with van der Waals surface area (Å²) in [6.45, 7) is 8.66. The van der Waals surface area contributed by atoms with E-state index in [-0.39, 0.29) is 18.0 Å². The number of hydrogen-bond acceptors (Lipinski definition) is 3. The molecule has 5 heteroatoms. The lowest BCUT2D eigenvalue weighted by Crippen LogP contribution is -2.40. The molecule has 0 aliphatic carbocycles. The van der Waals surface area contributed by atoms with Gasteiger partial charge in [0.05, 0.1) is 12.7 Å². The Labute approximate surface area is 126 Å². The number of ether oxygens (including phenoxy) is 1. The van der Waals surface area contributed by atoms with Crippen LogP contribution in [0.3, 0.4) is 0 Å². The third-order valence-corrected chi connectivity index (χ3v) is 3.02. The smallest absolute Gasteiger partial charge is 0.319 e. The number of carbonyl (C=O) groups is 1. The predicted octanol–water partition coefficient (Wildman–Crippen LogP) is 3.00. The second-order valence-electron chi connectivity index (χ2n) is 6.09. The molecule has 0 aliphatic rings. The van der Waals surface area contributed by atoms with Crippen LogP contribution in [0.25, 0.3) is 0 Å². The highest BCUT2D eigenvalue weighted by Crippen LogP contribution is 2.19. The Bertz CT molecular complexity index is 455. The highest BCUT2D eigenvalue weighted by Gasteiger charge is 2.22. The molecular weight excluding hydrogens is 268 g/mol. The SMILES string of the molecule is CCCOc1cccc(NC(=O)NCC(O)C(C)(C)C)c1. The molecular formula is C16H26N2O3. The van der Waals surface area contributed by atoms with E-state index < -0.39 is 6.10 Å². The van der Waals surface area contributed by atoms with Gasteiger partial charge < -0.3 is 20.5 Å². The fourth-order valence-electron chi connectivity index (χ4n) is 1.55. The van der Waals surface area contributed by atoms with Crippen LogP contribution in [-0.2, 0) is 0 Å². The molecule has 0 spiro atoms. The molecule has 0 aliphatic heterocycles. The van der Waals surface area contributed by atoms with E-state index in [1.807, 2.05) is 39.8 Å². The van der Waals surface area contributed by atoms with Gasteiger partial charge in [0, 0.05) is 18.3 Å². The van der Waals surface area contributed by atoms with Gasteiger partial charge in [0.25, 0.3) is 0 Å². The minimum absolute atomic E-state index is 0.210. The third kappa shape index (κ3) is 6.49. The number of nitrogens with one attached hydrogen (secondary N) is 2. The highest BCUT2D eigenvalue weighted by atomic mass is 16.5. The maximum atomic E-state index is 11.8. The summed E-state index contributed by atoms with van der Waals surface area (Å²) < 4.78 is 5.51. The van der Waals surface area contributed by atoms with Gasteiger partial charge in [-0.15, -0.1) is 0 Å². The molecule has 0 saturated carbocycles. The van der Waals surface area contributed by atoms with E-state index in [9.17, 15) is 9.90 Å². The van der Waals surface area contributed by atoms with Gasteiger partial charge in [0.2, 0.25) is 0 Å². The summed E-state index contributed by atoms with van der Waals surface area (Å²) in [6.07, 6.45) is 0.338. The van der Waals surface area contributed by atoms with Crippen LogP contribution in [0.5, 0.6) is 5.75 Å². The maximum Gasteiger partial charge on any atom is 0.319 e. The van der Waals surface area contributed by atoms with Crippen LogP contribution in [-0.4, -0.2) is 30.4 Å². The molecule has 1 aromatic carbocycles. The molecule has 0 radical (unpaired) electrons. The molecule has 21 heavy (non-hydrogen) atoms. The van der Waals surface area contributed by atoms with Crippen molar-refractivity contribution < 1.29 is 14.6 Å². The largest absolute Gasteiger partial charge is 0.494 e. The van der Waals surface area contributed by atoms with E-state index in [1.54, 1.807) is 12.1 Å². The van der Waals surface area contributed by atoms with Crippen molar-refractivity contribution in [3.63, 3.8) is 0 Å². The Morgan fingerprint density at radius 3 is 2.71 bits per heavy atom. The van der Waals surface area contributed by atoms with Crippen molar-refractivity contribution in [3.8, 4) is 5.75 Å². The monoisotopic (exact) mass is 294 g/mol. The number of benzene rings is 1. The van der Waals surface area contributed by atoms with Gasteiger partial charge in [-0.1, -0.05) is 33.8 Å². The predicted molar refractivity (Wildman–Crippen MR) is 84.7 cm³/mol. The van der Waals surface area contributed by atoms with E-state index in [0.717, 1.165) is 12.2 Å². The number of aliphatic hydroxyl groups is 1. The lowest BCUT2D eigenvalue weighted by molar-refractivity contribution is 0.0654. The molecule has 1 aromatic rings. The minimum Gasteiger partial charge on any atom is -0.494 e. The van der Waals surface area contributed by atoms with Crippen LogP contribution >= 0.6 is 0 Å². The molecule has 1 atom stereocenters. The number of hydrogen-bond donors (Lipinski definition) is 3. The second kappa shape index (κ2) is 7.88. The van der Waals surface area contributed by atoms with Gasteiger partial charge in [0.15, 0.2) is 0 Å². The zero-order valence-corrected chi connectivity index (χ0v) is 13.3. The molecule has 0 fully saturated rings. The average Bonchev–Trinajstić information content (AvgIpc) is 2.42. The summed E-state index contributed by atoms with van der Waals surface area (Å²) in [7, 11) is 0. The molecule has 118 valence electrons. The Kier molecular flexibility index (Phi) is 6.49. The molecule has 1 unspecified atom stereocenters. The Hall–Kier alpha value is -1.75. The molecule has 0 bridgehead atoms. The second-order valence-corrected chi connectivity index (χ2v) is 6.09. The van der Waals surface area contributed by atoms with E-state index in [4.69, 9.17) is 4.74 Å². The molecule has 0 saturated heterocycles. The number of rotatable bonds is 6. The van der Waals surface area contributed by atoms with Crippen LogP contribution in [0.4, 0.5) is 10.5 Å². The summed E-state index contributed by atoms with van der Waals surface area (Å²) in [4.78, 5) is 11.8. The van der Waals surface area contributed by atoms with Crippen LogP contribution in [0.1, 0.15) is 34.1 Å². The summed E-state index contributed by atoms with van der Waals surface area (Å²) in [5, 5.41) is 15.3. The van der Waals surface area contributed by atoms with Gasteiger partial charge in [0.1, 0.15) is 5.75 Å². The summed E-state index contributed by atoms with van der Waals surface area (Å²) in [5.41, 5.74) is 0.396. The van der Waals surface area contributed by atoms with Crippen molar-refractivity contribution in [1.29, 1.82) is 0 Å². The summed E-state index contributed by atoms with van der Waals surface area (Å²) in [5.74, 6) is 0.726. The van der Waals surface area contributed by atoms with E-state index in [0.29, 0.717) is 12.3 Å². The molecule has 3 N–H and O–H groups in total. The topological polar surface area (TPSA) is 70.6 Å². The first-order chi connectivity index (χ1) is 9.82. The summed E-state index contributed by atoms with van der Waals surface area (Å²) in [6, 6.07) is 6.90. The molecule has 0 aromatic heterocycles. The van der Waals surface area contributed by atoms with Crippen molar-refractivity contribution >= 4 is 11.7 Å². The van der Waals surface area contributed by atoms with Crippen LogP contribution in [0.15, 0.2) is 24.3 Å². The van der Waals surface area contributed by atoms with Gasteiger partial charge in [-0.3, -0.25) is 0 Å². The number of amides is 2. The molecule has 1 rings (SSSR count). The number of urea groups is 1. The van der Waals surface area contributed by atoms with Gasteiger partial charge >= 0.3 is 6.03 Å². The van der Waals surface area contributed by atoms with E-state index in [2.05, 4.69) is 10.6 Å². The fraction of sp³-hybridized carbons (Fsp3) is 0.562. The Morgan fingerprint density at radius 1 is 1.38 bits per heavy atom. The van der Waals surface area contributed by atoms with Crippen molar-refractivity contribution in [2.75, 3.05) is 18.5 Å². The zero-order valence-electron chi connectivity index (χ0n) is 13.3. The molecule has 2 amide bonds. The number of anilines is 1. The van der Waals surface area contributed by atoms with Crippen LogP contribution in [0, 0.1) is 5.41 Å².